The lowest BCUT2D eigenvalue weighted by molar-refractivity contribution is -0.185. The lowest BCUT2D eigenvalue weighted by Crippen LogP contribution is -2.57. The van der Waals surface area contributed by atoms with Crippen LogP contribution >= 0.6 is 0 Å². The minimum Gasteiger partial charge on any atom is -0.285 e. The van der Waals surface area contributed by atoms with Crippen LogP contribution in [0.25, 0.3) is 11.1 Å². The van der Waals surface area contributed by atoms with Crippen LogP contribution in [0, 0.1) is 5.41 Å². The van der Waals surface area contributed by atoms with Crippen LogP contribution in [-0.2, 0) is 14.4 Å². The van der Waals surface area contributed by atoms with Crippen molar-refractivity contribution in [2.24, 2.45) is 5.41 Å². The molecule has 3 amide bonds. The highest BCUT2D eigenvalue weighted by molar-refractivity contribution is 6.49. The minimum absolute atomic E-state index is 0.232. The van der Waals surface area contributed by atoms with Gasteiger partial charge in [0, 0.05) is 0 Å². The van der Waals surface area contributed by atoms with Gasteiger partial charge in [0.05, 0.1) is 11.1 Å². The van der Waals surface area contributed by atoms with Crippen molar-refractivity contribution in [3.63, 3.8) is 0 Å². The molecule has 206 valence electrons. The second kappa shape index (κ2) is 11.4. The number of rotatable bonds is 7. The van der Waals surface area contributed by atoms with E-state index in [0.29, 0.717) is 27.3 Å². The maximum absolute atomic E-state index is 14.4. The SMILES string of the molecule is CC(C)(C)[C@@H](C(=O)N(O)C(c1ccccc1)c1ccccc1)N1C(=O)C(c2ccccc2)=C(c2ccccc2)C1=O. The Hall–Kier alpha value is -4.81. The van der Waals surface area contributed by atoms with Gasteiger partial charge in [-0.25, -0.2) is 5.06 Å². The van der Waals surface area contributed by atoms with Crippen molar-refractivity contribution < 1.29 is 19.6 Å². The van der Waals surface area contributed by atoms with Gasteiger partial charge < -0.3 is 0 Å². The summed E-state index contributed by atoms with van der Waals surface area (Å²) in [5.74, 6) is -1.89. The van der Waals surface area contributed by atoms with E-state index in [4.69, 9.17) is 0 Å². The third-order valence-corrected chi connectivity index (χ3v) is 7.25. The predicted octanol–water partition coefficient (Wildman–Crippen LogP) is 6.39. The molecule has 6 heteroatoms. The largest absolute Gasteiger partial charge is 0.285 e. The van der Waals surface area contributed by atoms with Crippen molar-refractivity contribution in [3.8, 4) is 0 Å². The number of nitrogens with zero attached hydrogens (tertiary/aromatic N) is 2. The number of hydroxylamine groups is 2. The Balaban J connectivity index is 1.61. The fourth-order valence-corrected chi connectivity index (χ4v) is 5.39. The van der Waals surface area contributed by atoms with Gasteiger partial charge in [0.2, 0.25) is 0 Å². The van der Waals surface area contributed by atoms with E-state index in [1.54, 1.807) is 69.3 Å². The fraction of sp³-hybridized carbons (Fsp3) is 0.171. The van der Waals surface area contributed by atoms with Crippen molar-refractivity contribution in [1.29, 1.82) is 0 Å². The van der Waals surface area contributed by atoms with Crippen LogP contribution in [0.2, 0.25) is 0 Å². The van der Waals surface area contributed by atoms with Gasteiger partial charge in [-0.1, -0.05) is 142 Å². The molecule has 41 heavy (non-hydrogen) atoms. The molecule has 0 radical (unpaired) electrons. The summed E-state index contributed by atoms with van der Waals surface area (Å²) < 4.78 is 0. The van der Waals surface area contributed by atoms with Gasteiger partial charge in [-0.3, -0.25) is 24.5 Å². The molecule has 0 bridgehead atoms. The maximum atomic E-state index is 14.4. The quantitative estimate of drug-likeness (QED) is 0.166. The van der Waals surface area contributed by atoms with Crippen LogP contribution < -0.4 is 0 Å². The molecule has 6 nitrogen and oxygen atoms in total. The van der Waals surface area contributed by atoms with Crippen LogP contribution in [-0.4, -0.2) is 38.9 Å². The van der Waals surface area contributed by atoms with Gasteiger partial charge in [0.15, 0.2) is 0 Å². The van der Waals surface area contributed by atoms with Crippen molar-refractivity contribution >= 4 is 28.9 Å². The molecule has 0 aromatic heterocycles. The fourth-order valence-electron chi connectivity index (χ4n) is 5.39. The average Bonchev–Trinajstić information content (AvgIpc) is 3.24. The molecule has 1 aliphatic heterocycles. The summed E-state index contributed by atoms with van der Waals surface area (Å²) in [4.78, 5) is 43.8. The standard InChI is InChI=1S/C35H32N2O4/c1-35(2,3)31(34(40)37(41)30(26-20-12-6-13-21-26)27-22-14-7-15-23-27)36-32(38)28(24-16-8-4-9-17-24)29(33(36)39)25-18-10-5-11-19-25/h4-23,30-31,41H,1-3H3/t31-/m1/s1. The van der Waals surface area contributed by atoms with Crippen LogP contribution in [0.1, 0.15) is 49.1 Å². The van der Waals surface area contributed by atoms with E-state index in [-0.39, 0.29) is 11.1 Å². The molecule has 4 aromatic carbocycles. The normalized spacial score (nSPS) is 14.5. The summed E-state index contributed by atoms with van der Waals surface area (Å²) in [6.07, 6.45) is 0. The smallest absolute Gasteiger partial charge is 0.270 e. The van der Waals surface area contributed by atoms with Crippen molar-refractivity contribution in [3.05, 3.63) is 144 Å². The molecule has 0 unspecified atom stereocenters. The summed E-state index contributed by atoms with van der Waals surface area (Å²) in [7, 11) is 0. The topological polar surface area (TPSA) is 77.9 Å². The Morgan fingerprint density at radius 3 is 1.32 bits per heavy atom. The molecule has 0 spiro atoms. The predicted molar refractivity (Wildman–Crippen MR) is 158 cm³/mol. The Labute approximate surface area is 240 Å². The third kappa shape index (κ3) is 5.34. The van der Waals surface area contributed by atoms with Crippen LogP contribution in [0.4, 0.5) is 0 Å². The number of imide groups is 1. The van der Waals surface area contributed by atoms with E-state index >= 15 is 0 Å². The lowest BCUT2D eigenvalue weighted by Gasteiger charge is -2.39. The molecular weight excluding hydrogens is 512 g/mol. The van der Waals surface area contributed by atoms with E-state index in [0.717, 1.165) is 4.90 Å². The molecule has 0 saturated heterocycles. The highest BCUT2D eigenvalue weighted by Crippen LogP contribution is 2.41. The second-order valence-electron chi connectivity index (χ2n) is 11.1. The first kappa shape index (κ1) is 27.7. The first-order valence-corrected chi connectivity index (χ1v) is 13.5. The zero-order chi connectivity index (χ0) is 29.1. The van der Waals surface area contributed by atoms with Crippen LogP contribution in [0.5, 0.6) is 0 Å². The van der Waals surface area contributed by atoms with E-state index in [1.807, 2.05) is 72.8 Å². The Kier molecular flexibility index (Phi) is 7.68. The summed E-state index contributed by atoms with van der Waals surface area (Å²) in [6, 6.07) is 34.2. The molecule has 0 saturated carbocycles. The maximum Gasteiger partial charge on any atom is 0.270 e. The Bertz CT molecular complexity index is 1480. The van der Waals surface area contributed by atoms with Gasteiger partial charge in [-0.2, -0.15) is 0 Å². The zero-order valence-corrected chi connectivity index (χ0v) is 23.3. The van der Waals surface area contributed by atoms with Crippen molar-refractivity contribution in [1.82, 2.24) is 9.96 Å². The van der Waals surface area contributed by atoms with E-state index in [9.17, 15) is 19.6 Å². The second-order valence-corrected chi connectivity index (χ2v) is 11.1. The monoisotopic (exact) mass is 544 g/mol. The Morgan fingerprint density at radius 1 is 0.634 bits per heavy atom. The lowest BCUT2D eigenvalue weighted by atomic mass is 9.84. The molecule has 0 aliphatic carbocycles. The summed E-state index contributed by atoms with van der Waals surface area (Å²) in [5, 5.41) is 12.3. The number of benzene rings is 4. The third-order valence-electron chi connectivity index (χ3n) is 7.25. The summed E-state index contributed by atoms with van der Waals surface area (Å²) in [6.45, 7) is 5.35. The highest BCUT2D eigenvalue weighted by Gasteiger charge is 2.51. The van der Waals surface area contributed by atoms with Gasteiger partial charge in [-0.15, -0.1) is 0 Å². The minimum atomic E-state index is -1.29. The van der Waals surface area contributed by atoms with Gasteiger partial charge in [-0.05, 0) is 27.7 Å². The summed E-state index contributed by atoms with van der Waals surface area (Å²) in [5.41, 5.74) is 2.10. The first-order valence-electron chi connectivity index (χ1n) is 13.5. The van der Waals surface area contributed by atoms with Crippen molar-refractivity contribution in [2.45, 2.75) is 32.9 Å². The molecule has 4 aromatic rings. The van der Waals surface area contributed by atoms with Crippen molar-refractivity contribution in [2.75, 3.05) is 0 Å². The first-order chi connectivity index (χ1) is 19.7. The van der Waals surface area contributed by atoms with Gasteiger partial charge in [0.25, 0.3) is 17.7 Å². The molecule has 1 aliphatic rings. The van der Waals surface area contributed by atoms with Gasteiger partial charge >= 0.3 is 0 Å². The number of hydrogen-bond acceptors (Lipinski definition) is 4. The molecule has 1 heterocycles. The van der Waals surface area contributed by atoms with E-state index < -0.39 is 35.2 Å². The zero-order valence-electron chi connectivity index (χ0n) is 23.3. The van der Waals surface area contributed by atoms with E-state index in [1.165, 1.54) is 0 Å². The highest BCUT2D eigenvalue weighted by atomic mass is 16.5. The molecule has 0 fully saturated rings. The molecular formula is C35H32N2O4. The number of hydrogen-bond donors (Lipinski definition) is 1. The number of amides is 3. The van der Waals surface area contributed by atoms with E-state index in [2.05, 4.69) is 0 Å². The molecule has 5 rings (SSSR count). The Morgan fingerprint density at radius 2 is 0.976 bits per heavy atom. The average molecular weight is 545 g/mol. The van der Waals surface area contributed by atoms with Crippen LogP contribution in [0.3, 0.4) is 0 Å². The number of carbonyl (C=O) groups is 3. The van der Waals surface area contributed by atoms with Crippen LogP contribution in [0.15, 0.2) is 121 Å². The molecule has 1 atom stereocenters. The molecule has 1 N–H and O–H groups in total. The summed E-state index contributed by atoms with van der Waals surface area (Å²) >= 11 is 0. The number of carbonyl (C=O) groups excluding carboxylic acids is 3. The van der Waals surface area contributed by atoms with Gasteiger partial charge in [0.1, 0.15) is 12.1 Å².